The molecule has 1 fully saturated rings. The number of carbonyl (C=O) groups is 2. The van der Waals surface area contributed by atoms with Gasteiger partial charge in [0, 0.05) is 23.7 Å². The molecular formula is C30H28F3N3O4S. The molecule has 1 heterocycles. The smallest absolute Gasteiger partial charge is 0.346 e. The monoisotopic (exact) mass is 583 g/mol. The molecule has 3 aromatic carbocycles. The van der Waals surface area contributed by atoms with Gasteiger partial charge in [-0.3, -0.25) is 9.59 Å². The molecule has 0 radical (unpaired) electrons. The van der Waals surface area contributed by atoms with Crippen LogP contribution in [0.25, 0.3) is 10.9 Å². The minimum Gasteiger partial charge on any atom is -0.346 e. The van der Waals surface area contributed by atoms with Crippen molar-refractivity contribution in [3.8, 4) is 0 Å². The van der Waals surface area contributed by atoms with Gasteiger partial charge in [-0.25, -0.2) is 13.1 Å². The zero-order chi connectivity index (χ0) is 29.4. The molecule has 1 aliphatic carbocycles. The quantitative estimate of drug-likeness (QED) is 0.286. The Balaban J connectivity index is 1.35. The van der Waals surface area contributed by atoms with Crippen LogP contribution < -0.4 is 10.0 Å². The van der Waals surface area contributed by atoms with E-state index in [4.69, 9.17) is 0 Å². The van der Waals surface area contributed by atoms with Crippen molar-refractivity contribution in [1.82, 2.24) is 14.6 Å². The number of nitrogens with one attached hydrogen (secondary N) is 2. The highest BCUT2D eigenvalue weighted by atomic mass is 32.2. The van der Waals surface area contributed by atoms with Gasteiger partial charge in [-0.2, -0.15) is 13.2 Å². The van der Waals surface area contributed by atoms with Crippen LogP contribution in [0.1, 0.15) is 47.7 Å². The van der Waals surface area contributed by atoms with Crippen molar-refractivity contribution in [2.75, 3.05) is 0 Å². The minimum absolute atomic E-state index is 0.0334. The number of carbonyl (C=O) groups excluding carboxylic acids is 2. The third kappa shape index (κ3) is 6.14. The van der Waals surface area contributed by atoms with Gasteiger partial charge in [0.2, 0.25) is 5.91 Å². The second-order valence-electron chi connectivity index (χ2n) is 10.6. The highest BCUT2D eigenvalue weighted by molar-refractivity contribution is 7.90. The summed E-state index contributed by atoms with van der Waals surface area (Å²) >= 11 is 0. The number of alkyl halides is 3. The lowest BCUT2D eigenvalue weighted by Crippen LogP contribution is -2.59. The number of fused-ring (bicyclic) bond motifs is 1. The largest absolute Gasteiger partial charge is 0.416 e. The van der Waals surface area contributed by atoms with Gasteiger partial charge in [-0.15, -0.1) is 0 Å². The van der Waals surface area contributed by atoms with E-state index in [9.17, 15) is 31.2 Å². The maximum atomic E-state index is 13.6. The summed E-state index contributed by atoms with van der Waals surface area (Å²) in [7, 11) is -4.06. The molecule has 41 heavy (non-hydrogen) atoms. The van der Waals surface area contributed by atoms with E-state index >= 15 is 0 Å². The van der Waals surface area contributed by atoms with Crippen LogP contribution in [0.5, 0.6) is 0 Å². The zero-order valence-corrected chi connectivity index (χ0v) is 22.9. The van der Waals surface area contributed by atoms with Crippen molar-refractivity contribution in [2.45, 2.75) is 49.3 Å². The van der Waals surface area contributed by atoms with E-state index in [1.54, 1.807) is 41.1 Å². The molecule has 214 valence electrons. The molecule has 0 atom stereocenters. The van der Waals surface area contributed by atoms with Gasteiger partial charge < -0.3 is 9.88 Å². The molecule has 0 bridgehead atoms. The number of nitrogens with zero attached hydrogens (tertiary/aromatic N) is 1. The number of hydrogen-bond acceptors (Lipinski definition) is 4. The fourth-order valence-electron chi connectivity index (χ4n) is 5.60. The summed E-state index contributed by atoms with van der Waals surface area (Å²) in [6.07, 6.45) is -1.87. The Hall–Kier alpha value is -4.12. The van der Waals surface area contributed by atoms with E-state index in [-0.39, 0.29) is 23.8 Å². The second kappa shape index (κ2) is 10.7. The molecule has 1 saturated carbocycles. The average molecular weight is 584 g/mol. The van der Waals surface area contributed by atoms with Gasteiger partial charge in [0.25, 0.3) is 15.9 Å². The Morgan fingerprint density at radius 2 is 1.63 bits per heavy atom. The first kappa shape index (κ1) is 28.4. The van der Waals surface area contributed by atoms with Crippen molar-refractivity contribution in [3.63, 3.8) is 0 Å². The zero-order valence-electron chi connectivity index (χ0n) is 22.1. The van der Waals surface area contributed by atoms with E-state index in [0.717, 1.165) is 17.5 Å². The fraction of sp³-hybridized carbons (Fsp3) is 0.267. The summed E-state index contributed by atoms with van der Waals surface area (Å²) in [6, 6.07) is 19.5. The molecule has 7 nitrogen and oxygen atoms in total. The average Bonchev–Trinajstić information content (AvgIpc) is 3.30. The van der Waals surface area contributed by atoms with Crippen molar-refractivity contribution < 1.29 is 31.2 Å². The van der Waals surface area contributed by atoms with E-state index in [1.807, 2.05) is 19.1 Å². The first-order chi connectivity index (χ1) is 19.4. The highest BCUT2D eigenvalue weighted by Crippen LogP contribution is 2.40. The first-order valence-electron chi connectivity index (χ1n) is 13.0. The minimum atomic E-state index is -4.43. The molecule has 2 amide bonds. The van der Waals surface area contributed by atoms with Gasteiger partial charge in [0.15, 0.2) is 0 Å². The van der Waals surface area contributed by atoms with Gasteiger partial charge in [0.05, 0.1) is 28.0 Å². The molecule has 1 aliphatic rings. The predicted molar refractivity (Wildman–Crippen MR) is 147 cm³/mol. The molecular weight excluding hydrogens is 555 g/mol. The Kier molecular flexibility index (Phi) is 7.41. The second-order valence-corrected chi connectivity index (χ2v) is 12.3. The SMILES string of the molecule is CC1CC(CC(=O)NS(=O)(=O)c2ccccc2)(NC(=O)c2cccc3ccn(Cc4ccc(C(F)(F)F)cc4)c23)C1. The topological polar surface area (TPSA) is 97.3 Å². The molecule has 11 heteroatoms. The Morgan fingerprint density at radius 1 is 0.951 bits per heavy atom. The summed E-state index contributed by atoms with van der Waals surface area (Å²) in [5, 5.41) is 3.77. The number of amides is 2. The number of aromatic nitrogens is 1. The van der Waals surface area contributed by atoms with Crippen LogP contribution >= 0.6 is 0 Å². The standard InChI is InChI=1S/C30H28F3N3O4S/c1-20-16-29(17-20,18-26(37)35-41(39,40)24-7-3-2-4-8-24)34-28(38)25-9-5-6-22-14-15-36(27(22)25)19-21-10-12-23(13-11-21)30(31,32)33/h2-15,20H,16-19H2,1H3,(H,34,38)(H,35,37). The summed E-state index contributed by atoms with van der Waals surface area (Å²) in [5.74, 6) is -0.910. The van der Waals surface area contributed by atoms with Crippen LogP contribution in [0, 0.1) is 5.92 Å². The van der Waals surface area contributed by atoms with E-state index in [0.29, 0.717) is 29.5 Å². The fourth-order valence-corrected chi connectivity index (χ4v) is 6.60. The van der Waals surface area contributed by atoms with Crippen LogP contribution in [0.3, 0.4) is 0 Å². The Morgan fingerprint density at radius 3 is 2.27 bits per heavy atom. The first-order valence-corrected chi connectivity index (χ1v) is 14.5. The van der Waals surface area contributed by atoms with Crippen molar-refractivity contribution >= 4 is 32.7 Å². The highest BCUT2D eigenvalue weighted by Gasteiger charge is 2.45. The van der Waals surface area contributed by atoms with Crippen LogP contribution in [-0.4, -0.2) is 30.3 Å². The van der Waals surface area contributed by atoms with Crippen LogP contribution in [-0.2, 0) is 27.5 Å². The van der Waals surface area contributed by atoms with E-state index < -0.39 is 39.1 Å². The van der Waals surface area contributed by atoms with Gasteiger partial charge in [-0.1, -0.05) is 49.4 Å². The van der Waals surface area contributed by atoms with Crippen molar-refractivity contribution in [3.05, 3.63) is 102 Å². The summed E-state index contributed by atoms with van der Waals surface area (Å²) < 4.78 is 68.1. The van der Waals surface area contributed by atoms with Gasteiger partial charge in [0.1, 0.15) is 0 Å². The Bertz CT molecular complexity index is 1690. The van der Waals surface area contributed by atoms with Crippen molar-refractivity contribution in [2.24, 2.45) is 5.92 Å². The number of hydrogen-bond donors (Lipinski definition) is 2. The molecule has 1 aromatic heterocycles. The van der Waals surface area contributed by atoms with E-state index in [2.05, 4.69) is 10.0 Å². The third-order valence-electron chi connectivity index (χ3n) is 7.33. The molecule has 0 aliphatic heterocycles. The summed E-state index contributed by atoms with van der Waals surface area (Å²) in [6.45, 7) is 2.23. The molecule has 0 spiro atoms. The van der Waals surface area contributed by atoms with Crippen LogP contribution in [0.4, 0.5) is 13.2 Å². The number of para-hydroxylation sites is 1. The van der Waals surface area contributed by atoms with Gasteiger partial charge >= 0.3 is 6.18 Å². The van der Waals surface area contributed by atoms with Gasteiger partial charge in [-0.05, 0) is 60.7 Å². The van der Waals surface area contributed by atoms with Crippen molar-refractivity contribution in [1.29, 1.82) is 0 Å². The Labute approximate surface area is 235 Å². The molecule has 0 unspecified atom stereocenters. The molecule has 4 aromatic rings. The normalized spacial score (nSPS) is 19.0. The maximum Gasteiger partial charge on any atom is 0.416 e. The lowest BCUT2D eigenvalue weighted by atomic mass is 9.67. The lowest BCUT2D eigenvalue weighted by Gasteiger charge is -2.46. The predicted octanol–water partition coefficient (Wildman–Crippen LogP) is 5.50. The summed E-state index contributed by atoms with van der Waals surface area (Å²) in [4.78, 5) is 26.5. The molecule has 2 N–H and O–H groups in total. The number of sulfonamides is 1. The number of halogens is 3. The summed E-state index contributed by atoms with van der Waals surface area (Å²) in [5.41, 5.74) is -0.0791. The third-order valence-corrected chi connectivity index (χ3v) is 8.71. The molecule has 5 rings (SSSR count). The number of rotatable bonds is 8. The lowest BCUT2D eigenvalue weighted by molar-refractivity contribution is -0.137. The molecule has 0 saturated heterocycles. The number of benzene rings is 3. The van der Waals surface area contributed by atoms with Crippen LogP contribution in [0.2, 0.25) is 0 Å². The van der Waals surface area contributed by atoms with Crippen LogP contribution in [0.15, 0.2) is 90.0 Å². The van der Waals surface area contributed by atoms with E-state index in [1.165, 1.54) is 24.3 Å². The maximum absolute atomic E-state index is 13.6.